The fraction of sp³-hybridized carbons (Fsp3) is 0.583. The molecule has 0 aliphatic heterocycles. The van der Waals surface area contributed by atoms with E-state index in [-0.39, 0.29) is 30.8 Å². The average molecular weight is 412 g/mol. The molecule has 2 aromatic rings. The van der Waals surface area contributed by atoms with Gasteiger partial charge in [0, 0.05) is 17.4 Å². The number of pyridine rings is 1. The number of amides is 1. The number of nitrogens with one attached hydrogen (secondary N) is 1. The van der Waals surface area contributed by atoms with Crippen LogP contribution in [-0.2, 0) is 9.53 Å². The van der Waals surface area contributed by atoms with Crippen molar-refractivity contribution in [1.82, 2.24) is 10.3 Å². The lowest BCUT2D eigenvalue weighted by Crippen LogP contribution is -2.41. The molecule has 6 nitrogen and oxygen atoms in total. The number of nitrogen functional groups attached to an aromatic ring is 1. The van der Waals surface area contributed by atoms with E-state index >= 15 is 0 Å². The summed E-state index contributed by atoms with van der Waals surface area (Å²) in [7, 11) is 0. The second-order valence-corrected chi connectivity index (χ2v) is 8.73. The number of rotatable bonds is 6. The smallest absolute Gasteiger partial charge is 0.246 e. The number of ether oxygens (including phenoxy) is 2. The first-order valence-electron chi connectivity index (χ1n) is 11.3. The molecular formula is C24H33N3O3. The third kappa shape index (κ3) is 5.22. The highest BCUT2D eigenvalue weighted by Crippen LogP contribution is 2.33. The molecule has 0 saturated heterocycles. The Hall–Kier alpha value is -2.34. The number of fused-ring (bicyclic) bond motifs is 1. The fourth-order valence-corrected chi connectivity index (χ4v) is 4.72. The molecule has 0 atom stereocenters. The van der Waals surface area contributed by atoms with Crippen LogP contribution < -0.4 is 15.8 Å². The van der Waals surface area contributed by atoms with Crippen LogP contribution >= 0.6 is 0 Å². The van der Waals surface area contributed by atoms with E-state index < -0.39 is 0 Å². The van der Waals surface area contributed by atoms with Crippen LogP contribution in [-0.4, -0.2) is 35.7 Å². The Labute approximate surface area is 178 Å². The lowest BCUT2D eigenvalue weighted by molar-refractivity contribution is -0.129. The SMILES string of the molecule is Cc1cc(N)c2c(O[C@H]3CC[C@H](NC(=O)COC4CCCCC4)CC3)cccc2n1. The van der Waals surface area contributed by atoms with Gasteiger partial charge in [-0.15, -0.1) is 0 Å². The van der Waals surface area contributed by atoms with Crippen LogP contribution in [0, 0.1) is 6.92 Å². The van der Waals surface area contributed by atoms with Crippen molar-refractivity contribution in [2.45, 2.75) is 83.0 Å². The van der Waals surface area contributed by atoms with Crippen LogP contribution in [0.5, 0.6) is 5.75 Å². The number of nitrogens with two attached hydrogens (primary N) is 1. The van der Waals surface area contributed by atoms with E-state index in [1.54, 1.807) is 0 Å². The monoisotopic (exact) mass is 411 g/mol. The lowest BCUT2D eigenvalue weighted by Gasteiger charge is -2.30. The molecule has 4 rings (SSSR count). The molecule has 2 aliphatic carbocycles. The number of aryl methyl sites for hydroxylation is 1. The second-order valence-electron chi connectivity index (χ2n) is 8.73. The summed E-state index contributed by atoms with van der Waals surface area (Å²) in [4.78, 5) is 16.8. The number of benzene rings is 1. The quantitative estimate of drug-likeness (QED) is 0.741. The summed E-state index contributed by atoms with van der Waals surface area (Å²) in [6.45, 7) is 2.13. The Morgan fingerprint density at radius 1 is 1.10 bits per heavy atom. The van der Waals surface area contributed by atoms with Crippen molar-refractivity contribution in [2.24, 2.45) is 0 Å². The van der Waals surface area contributed by atoms with E-state index in [0.29, 0.717) is 5.69 Å². The van der Waals surface area contributed by atoms with Gasteiger partial charge in [-0.1, -0.05) is 25.3 Å². The van der Waals surface area contributed by atoms with Crippen molar-refractivity contribution >= 4 is 22.5 Å². The van der Waals surface area contributed by atoms with Gasteiger partial charge in [0.1, 0.15) is 12.4 Å². The third-order valence-electron chi connectivity index (χ3n) is 6.29. The van der Waals surface area contributed by atoms with E-state index in [2.05, 4.69) is 10.3 Å². The lowest BCUT2D eigenvalue weighted by atomic mass is 9.93. The van der Waals surface area contributed by atoms with Gasteiger partial charge in [-0.05, 0) is 63.6 Å². The van der Waals surface area contributed by atoms with Crippen molar-refractivity contribution in [3.8, 4) is 5.75 Å². The maximum Gasteiger partial charge on any atom is 0.246 e. The number of hydrogen-bond acceptors (Lipinski definition) is 5. The Kier molecular flexibility index (Phi) is 6.72. The van der Waals surface area contributed by atoms with E-state index in [1.807, 2.05) is 31.2 Å². The summed E-state index contributed by atoms with van der Waals surface area (Å²) in [5.74, 6) is 0.805. The molecule has 0 unspecified atom stereocenters. The van der Waals surface area contributed by atoms with Crippen LogP contribution in [0.4, 0.5) is 5.69 Å². The van der Waals surface area contributed by atoms with Gasteiger partial charge in [0.15, 0.2) is 0 Å². The number of anilines is 1. The minimum absolute atomic E-state index is 0.00760. The zero-order valence-corrected chi connectivity index (χ0v) is 17.9. The summed E-state index contributed by atoms with van der Waals surface area (Å²) < 4.78 is 12.1. The standard InChI is InChI=1S/C24H33N3O3/c1-16-14-20(25)24-21(26-16)8-5-9-22(24)30-19-12-10-17(11-13-19)27-23(28)15-29-18-6-3-2-4-7-18/h5,8-9,14,17-19H,2-4,6-7,10-13,15H2,1H3,(H2,25,26)(H,27,28)/t17-,19-. The Balaban J connectivity index is 1.26. The first-order valence-corrected chi connectivity index (χ1v) is 11.3. The van der Waals surface area contributed by atoms with Crippen LogP contribution in [0.1, 0.15) is 63.5 Å². The first kappa shape index (κ1) is 20.9. The maximum absolute atomic E-state index is 12.2. The van der Waals surface area contributed by atoms with E-state index in [9.17, 15) is 4.79 Å². The minimum Gasteiger partial charge on any atom is -0.490 e. The molecular weight excluding hydrogens is 378 g/mol. The number of carbonyl (C=O) groups is 1. The highest BCUT2D eigenvalue weighted by Gasteiger charge is 2.25. The second kappa shape index (κ2) is 9.65. The van der Waals surface area contributed by atoms with Crippen LogP contribution in [0.2, 0.25) is 0 Å². The topological polar surface area (TPSA) is 86.5 Å². The van der Waals surface area contributed by atoms with E-state index in [0.717, 1.165) is 60.9 Å². The van der Waals surface area contributed by atoms with Gasteiger partial charge in [-0.25, -0.2) is 0 Å². The maximum atomic E-state index is 12.2. The largest absolute Gasteiger partial charge is 0.490 e. The van der Waals surface area contributed by atoms with Gasteiger partial charge in [0.2, 0.25) is 5.91 Å². The summed E-state index contributed by atoms with van der Waals surface area (Å²) in [5.41, 5.74) is 8.71. The number of carbonyl (C=O) groups excluding carboxylic acids is 1. The molecule has 2 saturated carbocycles. The minimum atomic E-state index is 0.00760. The number of aromatic nitrogens is 1. The molecule has 1 aromatic carbocycles. The Morgan fingerprint density at radius 3 is 2.63 bits per heavy atom. The van der Waals surface area contributed by atoms with Crippen LogP contribution in [0.3, 0.4) is 0 Å². The number of hydrogen-bond donors (Lipinski definition) is 2. The molecule has 162 valence electrons. The van der Waals surface area contributed by atoms with Crippen molar-refractivity contribution in [2.75, 3.05) is 12.3 Å². The van der Waals surface area contributed by atoms with E-state index in [1.165, 1.54) is 19.3 Å². The fourth-order valence-electron chi connectivity index (χ4n) is 4.72. The highest BCUT2D eigenvalue weighted by atomic mass is 16.5. The van der Waals surface area contributed by atoms with Gasteiger partial charge < -0.3 is 20.5 Å². The molecule has 0 spiro atoms. The third-order valence-corrected chi connectivity index (χ3v) is 6.29. The van der Waals surface area contributed by atoms with Crippen LogP contribution in [0.15, 0.2) is 24.3 Å². The van der Waals surface area contributed by atoms with E-state index in [4.69, 9.17) is 15.2 Å². The average Bonchev–Trinajstić information content (AvgIpc) is 2.74. The molecule has 0 radical (unpaired) electrons. The van der Waals surface area contributed by atoms with Crippen LogP contribution in [0.25, 0.3) is 10.9 Å². The summed E-state index contributed by atoms with van der Waals surface area (Å²) in [6, 6.07) is 7.98. The Morgan fingerprint density at radius 2 is 1.87 bits per heavy atom. The highest BCUT2D eigenvalue weighted by molar-refractivity contribution is 5.95. The molecule has 30 heavy (non-hydrogen) atoms. The van der Waals surface area contributed by atoms with Gasteiger partial charge in [-0.3, -0.25) is 9.78 Å². The number of nitrogens with zero attached hydrogens (tertiary/aromatic N) is 1. The summed E-state index contributed by atoms with van der Waals surface area (Å²) >= 11 is 0. The molecule has 1 amide bonds. The van der Waals surface area contributed by atoms with Gasteiger partial charge in [0.25, 0.3) is 0 Å². The van der Waals surface area contributed by atoms with Crippen molar-refractivity contribution < 1.29 is 14.3 Å². The summed E-state index contributed by atoms with van der Waals surface area (Å²) in [5, 5.41) is 4.03. The molecule has 1 heterocycles. The van der Waals surface area contributed by atoms with Gasteiger partial charge in [0.05, 0.1) is 23.1 Å². The zero-order chi connectivity index (χ0) is 20.9. The molecule has 3 N–H and O–H groups in total. The first-order chi connectivity index (χ1) is 14.6. The molecule has 0 bridgehead atoms. The van der Waals surface area contributed by atoms with Gasteiger partial charge in [-0.2, -0.15) is 0 Å². The van der Waals surface area contributed by atoms with Crippen molar-refractivity contribution in [3.05, 3.63) is 30.0 Å². The normalized spacial score (nSPS) is 22.7. The molecule has 2 aliphatic rings. The predicted octanol–water partition coefficient (Wildman–Crippen LogP) is 4.28. The van der Waals surface area contributed by atoms with Crippen molar-refractivity contribution in [1.29, 1.82) is 0 Å². The van der Waals surface area contributed by atoms with Crippen molar-refractivity contribution in [3.63, 3.8) is 0 Å². The summed E-state index contributed by atoms with van der Waals surface area (Å²) in [6.07, 6.45) is 9.93. The predicted molar refractivity (Wildman–Crippen MR) is 119 cm³/mol. The Bertz CT molecular complexity index is 871. The zero-order valence-electron chi connectivity index (χ0n) is 17.9. The molecule has 2 fully saturated rings. The molecule has 6 heteroatoms. The molecule has 1 aromatic heterocycles. The van der Waals surface area contributed by atoms with Gasteiger partial charge >= 0.3 is 0 Å².